The fourth-order valence-electron chi connectivity index (χ4n) is 3.54. The molecule has 2 heterocycles. The van der Waals surface area contributed by atoms with Gasteiger partial charge in [-0.15, -0.1) is 0 Å². The Kier molecular flexibility index (Phi) is 5.84. The number of carbonyl (C=O) groups excluding carboxylic acids is 2. The van der Waals surface area contributed by atoms with Gasteiger partial charge in [0.15, 0.2) is 0 Å². The van der Waals surface area contributed by atoms with Crippen molar-refractivity contribution in [3.63, 3.8) is 0 Å². The highest BCUT2D eigenvalue weighted by atomic mass is 127. The number of ether oxygens (including phenoxy) is 1. The molecule has 1 fully saturated rings. The summed E-state index contributed by atoms with van der Waals surface area (Å²) in [5.41, 5.74) is 1.26. The van der Waals surface area contributed by atoms with E-state index in [2.05, 4.69) is 0 Å². The second-order valence-corrected chi connectivity index (χ2v) is 8.87. The van der Waals surface area contributed by atoms with Crippen LogP contribution in [-0.4, -0.2) is 53.4 Å². The zero-order chi connectivity index (χ0) is 20.6. The van der Waals surface area contributed by atoms with E-state index in [4.69, 9.17) is 4.74 Å². The molecule has 150 valence electrons. The fourth-order valence-corrected chi connectivity index (χ4v) is 4.37. The second-order valence-electron chi connectivity index (χ2n) is 7.80. The van der Waals surface area contributed by atoms with Gasteiger partial charge in [0.05, 0.1) is 33.2 Å². The van der Waals surface area contributed by atoms with E-state index in [9.17, 15) is 19.1 Å². The molecule has 2 aliphatic rings. The number of nitrogens with zero attached hydrogens (tertiary/aromatic N) is 2. The van der Waals surface area contributed by atoms with Crippen molar-refractivity contribution in [3.05, 3.63) is 38.9 Å². The molecule has 3 rings (SSSR count). The minimum Gasteiger partial charge on any atom is -0.444 e. The van der Waals surface area contributed by atoms with Gasteiger partial charge in [0.25, 0.3) is 0 Å². The van der Waals surface area contributed by atoms with Gasteiger partial charge < -0.3 is 19.6 Å². The highest BCUT2D eigenvalue weighted by molar-refractivity contribution is 14.1. The summed E-state index contributed by atoms with van der Waals surface area (Å²) < 4.78 is 19.8. The number of amides is 1. The monoisotopic (exact) mass is 500 g/mol. The summed E-state index contributed by atoms with van der Waals surface area (Å²) in [5, 5.41) is 9.99. The number of allylic oxidation sites excluding steroid dienone is 2. The second kappa shape index (κ2) is 7.85. The smallest absolute Gasteiger partial charge is 0.410 e. The van der Waals surface area contributed by atoms with Crippen molar-refractivity contribution in [2.24, 2.45) is 0 Å². The molecule has 8 heteroatoms. The Balaban J connectivity index is 1.96. The van der Waals surface area contributed by atoms with Crippen molar-refractivity contribution in [1.29, 1.82) is 0 Å². The first kappa shape index (κ1) is 20.8. The molecular formula is C20H22FIN2O4. The van der Waals surface area contributed by atoms with Gasteiger partial charge in [0, 0.05) is 18.7 Å². The van der Waals surface area contributed by atoms with Gasteiger partial charge in [0.1, 0.15) is 17.4 Å². The van der Waals surface area contributed by atoms with Crippen LogP contribution in [0, 0.1) is 5.82 Å². The molecule has 0 aliphatic carbocycles. The summed E-state index contributed by atoms with van der Waals surface area (Å²) in [6.07, 6.45) is 0.271. The molecule has 0 unspecified atom stereocenters. The van der Waals surface area contributed by atoms with Crippen molar-refractivity contribution in [2.45, 2.75) is 38.8 Å². The highest BCUT2D eigenvalue weighted by Gasteiger charge is 2.38. The first-order valence-electron chi connectivity index (χ1n) is 8.98. The van der Waals surface area contributed by atoms with Crippen LogP contribution in [-0.2, 0) is 9.53 Å². The Bertz CT molecular complexity index is 887. The molecule has 1 aromatic carbocycles. The molecule has 1 aromatic rings. The van der Waals surface area contributed by atoms with Crippen LogP contribution in [0.15, 0.2) is 27.5 Å². The van der Waals surface area contributed by atoms with E-state index in [-0.39, 0.29) is 24.3 Å². The first-order chi connectivity index (χ1) is 13.2. The van der Waals surface area contributed by atoms with E-state index in [1.54, 1.807) is 11.0 Å². The maximum absolute atomic E-state index is 13.8. The summed E-state index contributed by atoms with van der Waals surface area (Å²) in [6, 6.07) is 4.09. The lowest BCUT2D eigenvalue weighted by molar-refractivity contribution is 0.0292. The van der Waals surface area contributed by atoms with Gasteiger partial charge in [0.2, 0.25) is 0 Å². The molecule has 1 saturated heterocycles. The van der Waals surface area contributed by atoms with Crippen molar-refractivity contribution < 1.29 is 23.8 Å². The molecule has 1 atom stereocenters. The maximum Gasteiger partial charge on any atom is 0.410 e. The SMILES string of the molecule is CC(C)(C)OC(=O)N1CC[C@@H](N2C(CO)=C(I)C(=C=O)c3cc(F)ccc32)C1. The first-order valence-corrected chi connectivity index (χ1v) is 10.1. The number of hydrogen-bond acceptors (Lipinski definition) is 5. The predicted molar refractivity (Wildman–Crippen MR) is 112 cm³/mol. The third-order valence-electron chi connectivity index (χ3n) is 4.68. The number of hydrogen-bond donors (Lipinski definition) is 1. The molecule has 0 saturated carbocycles. The zero-order valence-corrected chi connectivity index (χ0v) is 18.1. The lowest BCUT2D eigenvalue weighted by Crippen LogP contribution is -2.42. The van der Waals surface area contributed by atoms with E-state index in [1.807, 2.05) is 54.2 Å². The molecule has 0 bridgehead atoms. The third-order valence-corrected chi connectivity index (χ3v) is 5.85. The van der Waals surface area contributed by atoms with Gasteiger partial charge in [-0.05, 0) is 68.0 Å². The highest BCUT2D eigenvalue weighted by Crippen LogP contribution is 2.44. The lowest BCUT2D eigenvalue weighted by Gasteiger charge is -2.38. The van der Waals surface area contributed by atoms with E-state index in [1.165, 1.54) is 12.1 Å². The molecule has 0 radical (unpaired) electrons. The number of anilines is 1. The fraction of sp³-hybridized carbons (Fsp3) is 0.450. The van der Waals surface area contributed by atoms with Gasteiger partial charge in [-0.25, -0.2) is 14.0 Å². The number of aliphatic hydroxyl groups excluding tert-OH is 1. The van der Waals surface area contributed by atoms with Crippen LogP contribution in [0.4, 0.5) is 14.9 Å². The quantitative estimate of drug-likeness (QED) is 0.498. The molecule has 0 spiro atoms. The van der Waals surface area contributed by atoms with Crippen molar-refractivity contribution in [2.75, 3.05) is 24.6 Å². The zero-order valence-electron chi connectivity index (χ0n) is 16.0. The summed E-state index contributed by atoms with van der Waals surface area (Å²) in [4.78, 5) is 27.5. The largest absolute Gasteiger partial charge is 0.444 e. The Morgan fingerprint density at radius 1 is 1.43 bits per heavy atom. The number of aliphatic hydroxyl groups is 1. The van der Waals surface area contributed by atoms with E-state index >= 15 is 0 Å². The molecule has 6 nitrogen and oxygen atoms in total. The van der Waals surface area contributed by atoms with Crippen LogP contribution in [0.5, 0.6) is 0 Å². The van der Waals surface area contributed by atoms with Crippen LogP contribution in [0.25, 0.3) is 5.57 Å². The summed E-state index contributed by atoms with van der Waals surface area (Å²) >= 11 is 1.98. The number of halogens is 2. The summed E-state index contributed by atoms with van der Waals surface area (Å²) in [5.74, 6) is 1.42. The Morgan fingerprint density at radius 2 is 2.14 bits per heavy atom. The normalized spacial score (nSPS) is 19.6. The minimum absolute atomic E-state index is 0.128. The third kappa shape index (κ3) is 3.94. The van der Waals surface area contributed by atoms with Crippen LogP contribution in [0.1, 0.15) is 32.8 Å². The van der Waals surface area contributed by atoms with Crippen LogP contribution in [0.2, 0.25) is 0 Å². The number of fused-ring (bicyclic) bond motifs is 1. The van der Waals surface area contributed by atoms with Crippen molar-refractivity contribution in [1.82, 2.24) is 4.90 Å². The number of rotatable bonds is 2. The standard InChI is InChI=1S/C20H22FIN2O4/c1-20(2,3)28-19(27)23-7-6-13(9-23)24-16-5-4-12(21)8-14(16)15(10-25)18(22)17(24)11-26/h4-5,8,13,26H,6-7,9,11H2,1-3H3/t13-/m1/s1. The predicted octanol–water partition coefficient (Wildman–Crippen LogP) is 3.51. The topological polar surface area (TPSA) is 70.1 Å². The van der Waals surface area contributed by atoms with E-state index in [0.717, 1.165) is 0 Å². The van der Waals surface area contributed by atoms with Gasteiger partial charge >= 0.3 is 6.09 Å². The van der Waals surface area contributed by atoms with Crippen molar-refractivity contribution >= 4 is 45.9 Å². The lowest BCUT2D eigenvalue weighted by atomic mass is 9.96. The van der Waals surface area contributed by atoms with Gasteiger partial charge in [-0.1, -0.05) is 0 Å². The summed E-state index contributed by atoms with van der Waals surface area (Å²) in [7, 11) is 0. The molecule has 2 aliphatic heterocycles. The summed E-state index contributed by atoms with van der Waals surface area (Å²) in [6.45, 7) is 6.07. The molecular weight excluding hydrogens is 478 g/mol. The number of benzene rings is 1. The molecule has 1 amide bonds. The van der Waals surface area contributed by atoms with Crippen molar-refractivity contribution in [3.8, 4) is 0 Å². The average molecular weight is 500 g/mol. The Labute approximate surface area is 176 Å². The Hall–Kier alpha value is -1.90. The van der Waals surface area contributed by atoms with Gasteiger partial charge in [-0.2, -0.15) is 0 Å². The molecule has 1 N–H and O–H groups in total. The average Bonchev–Trinajstić information content (AvgIpc) is 3.09. The van der Waals surface area contributed by atoms with Crippen LogP contribution in [0.3, 0.4) is 0 Å². The van der Waals surface area contributed by atoms with E-state index in [0.29, 0.717) is 40.0 Å². The maximum atomic E-state index is 13.8. The van der Waals surface area contributed by atoms with Crippen LogP contribution < -0.4 is 4.90 Å². The van der Waals surface area contributed by atoms with Gasteiger partial charge in [-0.3, -0.25) is 0 Å². The minimum atomic E-state index is -0.584. The number of likely N-dealkylation sites (tertiary alicyclic amines) is 1. The van der Waals surface area contributed by atoms with Crippen LogP contribution >= 0.6 is 22.6 Å². The number of carbonyl (C=O) groups is 1. The Morgan fingerprint density at radius 3 is 2.75 bits per heavy atom. The van der Waals surface area contributed by atoms with E-state index < -0.39 is 11.4 Å². The molecule has 0 aromatic heterocycles. The molecule has 28 heavy (non-hydrogen) atoms.